The van der Waals surface area contributed by atoms with Crippen LogP contribution in [0, 0.1) is 0 Å². The summed E-state index contributed by atoms with van der Waals surface area (Å²) in [5, 5.41) is 0. The number of benzene rings is 2. The molecule has 0 saturated heterocycles. The lowest BCUT2D eigenvalue weighted by molar-refractivity contribution is -0.133. The fourth-order valence-corrected chi connectivity index (χ4v) is 4.35. The maximum absolute atomic E-state index is 13.7. The fourth-order valence-electron chi connectivity index (χ4n) is 4.35. The molecule has 1 aromatic heterocycles. The zero-order valence-corrected chi connectivity index (χ0v) is 22.3. The van der Waals surface area contributed by atoms with Crippen molar-refractivity contribution in [1.29, 1.82) is 0 Å². The van der Waals surface area contributed by atoms with E-state index in [2.05, 4.69) is 26.0 Å². The van der Waals surface area contributed by atoms with Gasteiger partial charge in [-0.3, -0.25) is 9.59 Å². The van der Waals surface area contributed by atoms with Gasteiger partial charge in [0, 0.05) is 37.1 Å². The second kappa shape index (κ2) is 13.7. The van der Waals surface area contributed by atoms with E-state index in [4.69, 9.17) is 0 Å². The lowest BCUT2D eigenvalue weighted by Gasteiger charge is -2.31. The van der Waals surface area contributed by atoms with Crippen molar-refractivity contribution in [2.45, 2.75) is 72.0 Å². The predicted octanol–water partition coefficient (Wildman–Crippen LogP) is 6.23. The van der Waals surface area contributed by atoms with Crippen molar-refractivity contribution in [1.82, 2.24) is 14.4 Å². The summed E-state index contributed by atoms with van der Waals surface area (Å²) in [6, 6.07) is 21.9. The van der Waals surface area contributed by atoms with E-state index in [0.29, 0.717) is 18.7 Å². The Morgan fingerprint density at radius 3 is 2.19 bits per heavy atom. The quantitative estimate of drug-likeness (QED) is 0.268. The summed E-state index contributed by atoms with van der Waals surface area (Å²) < 4.78 is 2.03. The molecule has 0 N–H and O–H groups in total. The first-order valence-corrected chi connectivity index (χ1v) is 13.2. The van der Waals surface area contributed by atoms with Crippen LogP contribution in [0.25, 0.3) is 0 Å². The van der Waals surface area contributed by atoms with Crippen LogP contribution in [0.2, 0.25) is 0 Å². The van der Waals surface area contributed by atoms with Gasteiger partial charge in [-0.05, 0) is 61.6 Å². The van der Waals surface area contributed by atoms with E-state index in [-0.39, 0.29) is 24.4 Å². The molecule has 0 spiro atoms. The Labute approximate surface area is 216 Å². The molecule has 0 aliphatic rings. The molecule has 0 radical (unpaired) electrons. The lowest BCUT2D eigenvalue weighted by Crippen LogP contribution is -2.46. The predicted molar refractivity (Wildman–Crippen MR) is 147 cm³/mol. The van der Waals surface area contributed by atoms with Gasteiger partial charge in [0.2, 0.25) is 5.91 Å². The molecule has 0 fully saturated rings. The molecule has 2 amide bonds. The summed E-state index contributed by atoms with van der Waals surface area (Å²) in [6.45, 7) is 7.32. The summed E-state index contributed by atoms with van der Waals surface area (Å²) in [6.07, 6.45) is 7.37. The molecule has 5 nitrogen and oxygen atoms in total. The number of hydrogen-bond donors (Lipinski definition) is 0. The van der Waals surface area contributed by atoms with E-state index in [0.717, 1.165) is 30.5 Å². The fraction of sp³-hybridized carbons (Fsp3) is 0.419. The second-order valence-corrected chi connectivity index (χ2v) is 9.69. The first kappa shape index (κ1) is 27.3. The SMILES string of the molecule is CCCCCc1ccc(C(=O)N(CC(=O)N(Cc2ccccc2)Cc2cccn2C)C(C)CC)cc1. The molecule has 5 heteroatoms. The Hall–Kier alpha value is -3.34. The van der Waals surface area contributed by atoms with E-state index in [9.17, 15) is 9.59 Å². The van der Waals surface area contributed by atoms with E-state index >= 15 is 0 Å². The van der Waals surface area contributed by atoms with Crippen molar-refractivity contribution in [3.05, 3.63) is 95.3 Å². The standard InChI is InChI=1S/C31H41N3O2/c1-5-7-9-13-26-17-19-28(20-18-26)31(36)34(25(3)6-2)24-30(35)33(22-27-14-10-8-11-15-27)23-29-16-12-21-32(29)4/h8,10-12,14-21,25H,5-7,9,13,22-24H2,1-4H3. The zero-order chi connectivity index (χ0) is 25.9. The van der Waals surface area contributed by atoms with E-state index in [1.165, 1.54) is 18.4 Å². The highest BCUT2D eigenvalue weighted by atomic mass is 16.2. The van der Waals surface area contributed by atoms with Crippen LogP contribution in [0.1, 0.15) is 73.6 Å². The van der Waals surface area contributed by atoms with Crippen LogP contribution < -0.4 is 0 Å². The minimum atomic E-state index is -0.0867. The number of aryl methyl sites for hydroxylation is 2. The van der Waals surface area contributed by atoms with Crippen molar-refractivity contribution in [3.8, 4) is 0 Å². The summed E-state index contributed by atoms with van der Waals surface area (Å²) >= 11 is 0. The number of amides is 2. The van der Waals surface area contributed by atoms with Gasteiger partial charge in [0.25, 0.3) is 5.91 Å². The number of aromatic nitrogens is 1. The third-order valence-corrected chi connectivity index (χ3v) is 6.93. The molecule has 3 aromatic rings. The number of nitrogens with zero attached hydrogens (tertiary/aromatic N) is 3. The van der Waals surface area contributed by atoms with Gasteiger partial charge in [0.05, 0.1) is 6.54 Å². The Bertz CT molecular complexity index is 1090. The highest BCUT2D eigenvalue weighted by Crippen LogP contribution is 2.16. The monoisotopic (exact) mass is 487 g/mol. The first-order chi connectivity index (χ1) is 17.4. The normalized spacial score (nSPS) is 11.8. The van der Waals surface area contributed by atoms with E-state index in [1.54, 1.807) is 4.90 Å². The smallest absolute Gasteiger partial charge is 0.254 e. The Morgan fingerprint density at radius 1 is 0.861 bits per heavy atom. The summed E-state index contributed by atoms with van der Waals surface area (Å²) in [7, 11) is 1.99. The van der Waals surface area contributed by atoms with Crippen molar-refractivity contribution in [3.63, 3.8) is 0 Å². The van der Waals surface area contributed by atoms with Crippen LogP contribution in [-0.2, 0) is 31.4 Å². The maximum atomic E-state index is 13.7. The summed E-state index contributed by atoms with van der Waals surface area (Å²) in [4.78, 5) is 30.8. The molecular weight excluding hydrogens is 446 g/mol. The third-order valence-electron chi connectivity index (χ3n) is 6.93. The van der Waals surface area contributed by atoms with Crippen LogP contribution in [0.15, 0.2) is 72.9 Å². The minimum Gasteiger partial charge on any atom is -0.353 e. The Morgan fingerprint density at radius 2 is 1.58 bits per heavy atom. The maximum Gasteiger partial charge on any atom is 0.254 e. The number of carbonyl (C=O) groups excluding carboxylic acids is 2. The van der Waals surface area contributed by atoms with Gasteiger partial charge in [-0.25, -0.2) is 0 Å². The molecule has 0 aliphatic carbocycles. The van der Waals surface area contributed by atoms with Gasteiger partial charge in [0.15, 0.2) is 0 Å². The van der Waals surface area contributed by atoms with Gasteiger partial charge in [-0.15, -0.1) is 0 Å². The summed E-state index contributed by atoms with van der Waals surface area (Å²) in [5.41, 5.74) is 4.02. The van der Waals surface area contributed by atoms with Crippen molar-refractivity contribution >= 4 is 11.8 Å². The van der Waals surface area contributed by atoms with Crippen LogP contribution in [0.4, 0.5) is 0 Å². The average Bonchev–Trinajstić information content (AvgIpc) is 3.31. The van der Waals surface area contributed by atoms with Gasteiger partial charge in [-0.2, -0.15) is 0 Å². The van der Waals surface area contributed by atoms with Crippen LogP contribution >= 0.6 is 0 Å². The largest absolute Gasteiger partial charge is 0.353 e. The van der Waals surface area contributed by atoms with E-state index < -0.39 is 0 Å². The van der Waals surface area contributed by atoms with Gasteiger partial charge < -0.3 is 14.4 Å². The molecule has 36 heavy (non-hydrogen) atoms. The van der Waals surface area contributed by atoms with Crippen molar-refractivity contribution < 1.29 is 9.59 Å². The Kier molecular flexibility index (Phi) is 10.3. The molecule has 192 valence electrons. The van der Waals surface area contributed by atoms with Crippen LogP contribution in [0.3, 0.4) is 0 Å². The van der Waals surface area contributed by atoms with Crippen molar-refractivity contribution in [2.75, 3.05) is 6.54 Å². The molecule has 0 aliphatic heterocycles. The van der Waals surface area contributed by atoms with Gasteiger partial charge in [-0.1, -0.05) is 69.2 Å². The molecule has 2 aromatic carbocycles. The molecular formula is C31H41N3O2. The number of carbonyl (C=O) groups is 2. The van der Waals surface area contributed by atoms with Crippen LogP contribution in [0.5, 0.6) is 0 Å². The third kappa shape index (κ3) is 7.58. The summed E-state index contributed by atoms with van der Waals surface area (Å²) in [5.74, 6) is -0.138. The molecule has 0 saturated carbocycles. The lowest BCUT2D eigenvalue weighted by atomic mass is 10.0. The molecule has 1 atom stereocenters. The highest BCUT2D eigenvalue weighted by Gasteiger charge is 2.26. The van der Waals surface area contributed by atoms with Crippen molar-refractivity contribution in [2.24, 2.45) is 7.05 Å². The topological polar surface area (TPSA) is 45.6 Å². The van der Waals surface area contributed by atoms with Gasteiger partial charge in [0.1, 0.15) is 6.54 Å². The molecule has 0 bridgehead atoms. The first-order valence-electron chi connectivity index (χ1n) is 13.2. The van der Waals surface area contributed by atoms with Gasteiger partial charge >= 0.3 is 0 Å². The number of unbranched alkanes of at least 4 members (excludes halogenated alkanes) is 2. The number of rotatable bonds is 13. The average molecular weight is 488 g/mol. The molecule has 1 unspecified atom stereocenters. The van der Waals surface area contributed by atoms with Crippen LogP contribution in [-0.4, -0.2) is 38.8 Å². The molecule has 1 heterocycles. The second-order valence-electron chi connectivity index (χ2n) is 9.69. The Balaban J connectivity index is 1.78. The zero-order valence-electron chi connectivity index (χ0n) is 22.3. The molecule has 3 rings (SSSR count). The highest BCUT2D eigenvalue weighted by molar-refractivity contribution is 5.96. The number of hydrogen-bond acceptors (Lipinski definition) is 2. The van der Waals surface area contributed by atoms with E-state index in [1.807, 2.05) is 84.2 Å². The minimum absolute atomic E-state index is 0.0423.